The van der Waals surface area contributed by atoms with Crippen molar-refractivity contribution in [1.82, 2.24) is 9.21 Å². The Morgan fingerprint density at radius 2 is 1.73 bits per heavy atom. The van der Waals surface area contributed by atoms with Crippen LogP contribution in [0.5, 0.6) is 5.75 Å². The molecule has 10 heteroatoms. The van der Waals surface area contributed by atoms with E-state index in [4.69, 9.17) is 27.9 Å². The fraction of sp³-hybridized carbons (Fsp3) is 0.350. The lowest BCUT2D eigenvalue weighted by molar-refractivity contribution is -0.121. The summed E-state index contributed by atoms with van der Waals surface area (Å²) in [5, 5.41) is 3.37. The maximum atomic E-state index is 12.9. The normalized spacial score (nSPS) is 16.8. The van der Waals surface area contributed by atoms with Crippen LogP contribution < -0.4 is 10.1 Å². The number of halogens is 2. The van der Waals surface area contributed by atoms with E-state index in [2.05, 4.69) is 5.32 Å². The molecule has 1 fully saturated rings. The molecule has 2 aromatic carbocycles. The molecule has 1 unspecified atom stereocenters. The number of carbonyl (C=O) groups is 1. The first kappa shape index (κ1) is 22.8. The minimum absolute atomic E-state index is 0.104. The number of sulfonamides is 1. The summed E-state index contributed by atoms with van der Waals surface area (Å²) in [4.78, 5) is 14.7. The molecule has 3 rings (SSSR count). The predicted molar refractivity (Wildman–Crippen MR) is 118 cm³/mol. The lowest BCUT2D eigenvalue weighted by atomic mass is 10.2. The second-order valence-corrected chi connectivity index (χ2v) is 9.63. The van der Waals surface area contributed by atoms with E-state index in [9.17, 15) is 13.2 Å². The minimum Gasteiger partial charge on any atom is -0.495 e. The molecule has 1 N–H and O–H groups in total. The summed E-state index contributed by atoms with van der Waals surface area (Å²) < 4.78 is 32.4. The van der Waals surface area contributed by atoms with E-state index in [-0.39, 0.29) is 28.9 Å². The van der Waals surface area contributed by atoms with Gasteiger partial charge < -0.3 is 10.1 Å². The van der Waals surface area contributed by atoms with Crippen molar-refractivity contribution in [3.05, 3.63) is 52.5 Å². The molecule has 0 bridgehead atoms. The highest BCUT2D eigenvalue weighted by Crippen LogP contribution is 2.27. The monoisotopic (exact) mass is 471 g/mol. The third-order valence-corrected chi connectivity index (χ3v) is 7.73. The SMILES string of the molecule is COc1ccccc1NC(=O)C(C)N1CCN(S(=O)(=O)c2ccc(Cl)c(Cl)c2)CC1. The van der Waals surface area contributed by atoms with Crippen molar-refractivity contribution in [1.29, 1.82) is 0 Å². The van der Waals surface area contributed by atoms with Crippen molar-refractivity contribution in [2.24, 2.45) is 0 Å². The van der Waals surface area contributed by atoms with Crippen LogP contribution in [0.15, 0.2) is 47.4 Å². The van der Waals surface area contributed by atoms with Crippen molar-refractivity contribution >= 4 is 44.8 Å². The van der Waals surface area contributed by atoms with Crippen LogP contribution in [-0.2, 0) is 14.8 Å². The number of hydrogen-bond donors (Lipinski definition) is 1. The Bertz CT molecular complexity index is 1020. The first-order valence-corrected chi connectivity index (χ1v) is 11.6. The van der Waals surface area contributed by atoms with Crippen LogP contribution in [-0.4, -0.2) is 62.9 Å². The van der Waals surface area contributed by atoms with Crippen LogP contribution >= 0.6 is 23.2 Å². The zero-order chi connectivity index (χ0) is 21.9. The molecule has 0 radical (unpaired) electrons. The standard InChI is InChI=1S/C20H23Cl2N3O4S/c1-14(20(26)23-18-5-3-4-6-19(18)29-2)24-9-11-25(12-10-24)30(27,28)15-7-8-16(21)17(22)13-15/h3-8,13-14H,9-12H2,1-2H3,(H,23,26). The molecule has 2 aromatic rings. The van der Waals surface area contributed by atoms with Gasteiger partial charge in [0.25, 0.3) is 0 Å². The van der Waals surface area contributed by atoms with Crippen LogP contribution in [0.3, 0.4) is 0 Å². The fourth-order valence-electron chi connectivity index (χ4n) is 3.27. The fourth-order valence-corrected chi connectivity index (χ4v) is 5.08. The summed E-state index contributed by atoms with van der Waals surface area (Å²) in [6, 6.07) is 11.0. The molecule has 1 amide bonds. The number of benzene rings is 2. The Morgan fingerprint density at radius 1 is 1.07 bits per heavy atom. The number of carbonyl (C=O) groups excluding carboxylic acids is 1. The first-order valence-electron chi connectivity index (χ1n) is 9.37. The first-order chi connectivity index (χ1) is 14.2. The van der Waals surface area contributed by atoms with Gasteiger partial charge in [0.05, 0.1) is 33.8 Å². The number of piperazine rings is 1. The van der Waals surface area contributed by atoms with E-state index >= 15 is 0 Å². The summed E-state index contributed by atoms with van der Waals surface area (Å²) in [6.07, 6.45) is 0. The van der Waals surface area contributed by atoms with Crippen molar-refractivity contribution < 1.29 is 17.9 Å². The zero-order valence-electron chi connectivity index (χ0n) is 16.6. The van der Waals surface area contributed by atoms with Crippen molar-refractivity contribution in [2.45, 2.75) is 17.9 Å². The number of para-hydroxylation sites is 2. The lowest BCUT2D eigenvalue weighted by Crippen LogP contribution is -2.53. The summed E-state index contributed by atoms with van der Waals surface area (Å²) in [5.74, 6) is 0.399. The number of nitrogens with zero attached hydrogens (tertiary/aromatic N) is 2. The van der Waals surface area contributed by atoms with Crippen LogP contribution in [0, 0.1) is 0 Å². The Hall–Kier alpha value is -1.84. The molecule has 1 aliphatic rings. The molecule has 1 heterocycles. The van der Waals surface area contributed by atoms with Gasteiger partial charge in [0, 0.05) is 26.2 Å². The number of hydrogen-bond acceptors (Lipinski definition) is 5. The number of rotatable bonds is 6. The van der Waals surface area contributed by atoms with Gasteiger partial charge >= 0.3 is 0 Å². The Kier molecular flexibility index (Phi) is 7.26. The van der Waals surface area contributed by atoms with Crippen molar-refractivity contribution in [3.8, 4) is 5.75 Å². The highest BCUT2D eigenvalue weighted by atomic mass is 35.5. The topological polar surface area (TPSA) is 79.0 Å². The van der Waals surface area contributed by atoms with E-state index in [1.165, 1.54) is 22.5 Å². The van der Waals surface area contributed by atoms with Crippen molar-refractivity contribution in [2.75, 3.05) is 38.6 Å². The quantitative estimate of drug-likeness (QED) is 0.698. The molecule has 1 saturated heterocycles. The van der Waals surface area contributed by atoms with E-state index in [0.717, 1.165) is 0 Å². The maximum absolute atomic E-state index is 12.9. The molecule has 7 nitrogen and oxygen atoms in total. The van der Waals surface area contributed by atoms with Gasteiger partial charge in [-0.1, -0.05) is 35.3 Å². The molecule has 1 aliphatic heterocycles. The van der Waals surface area contributed by atoms with Gasteiger partial charge in [-0.15, -0.1) is 0 Å². The third-order valence-electron chi connectivity index (χ3n) is 5.09. The van der Waals surface area contributed by atoms with Gasteiger partial charge in [0.2, 0.25) is 15.9 Å². The number of methoxy groups -OCH3 is 1. The molecule has 0 aromatic heterocycles. The van der Waals surface area contributed by atoms with Gasteiger partial charge in [-0.2, -0.15) is 4.31 Å². The van der Waals surface area contributed by atoms with Crippen LogP contribution in [0.1, 0.15) is 6.92 Å². The van der Waals surface area contributed by atoms with E-state index < -0.39 is 16.1 Å². The Morgan fingerprint density at radius 3 is 2.37 bits per heavy atom. The molecule has 162 valence electrons. The predicted octanol–water partition coefficient (Wildman–Crippen LogP) is 3.34. The summed E-state index contributed by atoms with van der Waals surface area (Å²) >= 11 is 11.9. The molecule has 1 atom stereocenters. The second kappa shape index (κ2) is 9.53. The van der Waals surface area contributed by atoms with Gasteiger partial charge in [-0.25, -0.2) is 8.42 Å². The number of amides is 1. The highest BCUT2D eigenvalue weighted by molar-refractivity contribution is 7.89. The second-order valence-electron chi connectivity index (χ2n) is 6.88. The van der Waals surface area contributed by atoms with E-state index in [1.54, 1.807) is 26.2 Å². The third kappa shape index (κ3) is 4.90. The Balaban J connectivity index is 1.63. The maximum Gasteiger partial charge on any atom is 0.243 e. The largest absolute Gasteiger partial charge is 0.495 e. The average molecular weight is 472 g/mol. The smallest absolute Gasteiger partial charge is 0.243 e. The highest BCUT2D eigenvalue weighted by Gasteiger charge is 2.32. The number of anilines is 1. The number of nitrogens with one attached hydrogen (secondary N) is 1. The minimum atomic E-state index is -3.68. The Labute approximate surface area is 186 Å². The summed E-state index contributed by atoms with van der Waals surface area (Å²) in [5.41, 5.74) is 0.595. The average Bonchev–Trinajstić information content (AvgIpc) is 2.75. The molecular weight excluding hydrogens is 449 g/mol. The summed E-state index contributed by atoms with van der Waals surface area (Å²) in [7, 11) is -2.14. The molecular formula is C20H23Cl2N3O4S. The number of ether oxygens (including phenoxy) is 1. The van der Waals surface area contributed by atoms with Crippen LogP contribution in [0.4, 0.5) is 5.69 Å². The molecule has 0 spiro atoms. The van der Waals surface area contributed by atoms with E-state index in [0.29, 0.717) is 29.5 Å². The molecule has 0 saturated carbocycles. The van der Waals surface area contributed by atoms with Gasteiger partial charge in [0.15, 0.2) is 0 Å². The van der Waals surface area contributed by atoms with Gasteiger partial charge in [-0.3, -0.25) is 9.69 Å². The van der Waals surface area contributed by atoms with Gasteiger partial charge in [0.1, 0.15) is 5.75 Å². The van der Waals surface area contributed by atoms with Gasteiger partial charge in [-0.05, 0) is 37.3 Å². The van der Waals surface area contributed by atoms with Crippen LogP contribution in [0.2, 0.25) is 10.0 Å². The van der Waals surface area contributed by atoms with Crippen LogP contribution in [0.25, 0.3) is 0 Å². The summed E-state index contributed by atoms with van der Waals surface area (Å²) in [6.45, 7) is 3.21. The van der Waals surface area contributed by atoms with E-state index in [1.807, 2.05) is 17.0 Å². The lowest BCUT2D eigenvalue weighted by Gasteiger charge is -2.36. The molecule has 0 aliphatic carbocycles. The zero-order valence-corrected chi connectivity index (χ0v) is 19.0. The van der Waals surface area contributed by atoms with Crippen molar-refractivity contribution in [3.63, 3.8) is 0 Å². The molecule has 30 heavy (non-hydrogen) atoms.